The third-order valence-corrected chi connectivity index (χ3v) is 4.75. The Morgan fingerprint density at radius 3 is 2.83 bits per heavy atom. The fraction of sp³-hybridized carbons (Fsp3) is 0.450. The van der Waals surface area contributed by atoms with Crippen molar-refractivity contribution in [2.45, 2.75) is 52.6 Å². The van der Waals surface area contributed by atoms with Gasteiger partial charge in [-0.1, -0.05) is 17.7 Å². The van der Waals surface area contributed by atoms with Crippen molar-refractivity contribution in [3.63, 3.8) is 0 Å². The molecule has 4 bridgehead atoms. The smallest absolute Gasteiger partial charge is 0.334 e. The molecule has 3 heteroatoms. The van der Waals surface area contributed by atoms with E-state index in [2.05, 4.69) is 26.5 Å². The predicted molar refractivity (Wildman–Crippen MR) is 90.9 cm³/mol. The molecule has 1 aromatic heterocycles. The molecule has 2 aliphatic rings. The Hall–Kier alpha value is -2.03. The van der Waals surface area contributed by atoms with Crippen LogP contribution in [0.2, 0.25) is 0 Å². The first-order valence-electron chi connectivity index (χ1n) is 8.26. The van der Waals surface area contributed by atoms with Crippen molar-refractivity contribution in [3.05, 3.63) is 52.5 Å². The van der Waals surface area contributed by atoms with Crippen LogP contribution in [0.4, 0.5) is 0 Å². The van der Waals surface area contributed by atoms with Crippen molar-refractivity contribution in [1.82, 2.24) is 0 Å². The van der Waals surface area contributed by atoms with E-state index in [1.54, 1.807) is 0 Å². The van der Waals surface area contributed by atoms with Crippen molar-refractivity contribution in [2.24, 2.45) is 5.92 Å². The highest BCUT2D eigenvalue weighted by Crippen LogP contribution is 2.31. The maximum absolute atomic E-state index is 12.0. The lowest BCUT2D eigenvalue weighted by molar-refractivity contribution is -0.139. The molecule has 0 aliphatic carbocycles. The van der Waals surface area contributed by atoms with Crippen LogP contribution >= 0.6 is 0 Å². The van der Waals surface area contributed by atoms with Gasteiger partial charge >= 0.3 is 5.97 Å². The van der Waals surface area contributed by atoms with Crippen LogP contribution in [0.3, 0.4) is 0 Å². The first-order valence-corrected chi connectivity index (χ1v) is 8.26. The minimum absolute atomic E-state index is 0.145. The third-order valence-electron chi connectivity index (χ3n) is 4.75. The van der Waals surface area contributed by atoms with Gasteiger partial charge in [0.15, 0.2) is 0 Å². The van der Waals surface area contributed by atoms with Crippen LogP contribution in [0.5, 0.6) is 0 Å². The van der Waals surface area contributed by atoms with Gasteiger partial charge in [-0.25, -0.2) is 4.79 Å². The van der Waals surface area contributed by atoms with Crippen LogP contribution in [-0.4, -0.2) is 12.1 Å². The fourth-order valence-corrected chi connectivity index (χ4v) is 3.34. The minimum atomic E-state index is -0.158. The normalized spacial score (nSPS) is 27.0. The lowest BCUT2D eigenvalue weighted by Crippen LogP contribution is -2.10. The molecule has 3 heterocycles. The number of fused-ring (bicyclic) bond motifs is 3. The number of carbonyl (C=O) groups excluding carboxylic acids is 1. The molecule has 0 radical (unpaired) electrons. The van der Waals surface area contributed by atoms with Crippen LogP contribution in [0, 0.1) is 12.8 Å². The summed E-state index contributed by atoms with van der Waals surface area (Å²) in [5, 5.41) is 0. The molecule has 1 aromatic rings. The summed E-state index contributed by atoms with van der Waals surface area (Å²) < 4.78 is 11.5. The molecule has 3 nitrogen and oxygen atoms in total. The predicted octanol–water partition coefficient (Wildman–Crippen LogP) is 4.76. The molecule has 0 fully saturated rings. The van der Waals surface area contributed by atoms with Crippen molar-refractivity contribution in [2.75, 3.05) is 0 Å². The zero-order chi connectivity index (χ0) is 16.6. The van der Waals surface area contributed by atoms with Crippen LogP contribution in [0.1, 0.15) is 50.2 Å². The Balaban J connectivity index is 1.96. The van der Waals surface area contributed by atoms with E-state index >= 15 is 0 Å². The SMILES string of the molecule is C=C(C)[C@@H]1CCC2=C[C@H](C/C(C)=C\c3cc(C)c(o3)C1)OC2=O. The van der Waals surface area contributed by atoms with Crippen LogP contribution < -0.4 is 0 Å². The maximum atomic E-state index is 12.0. The van der Waals surface area contributed by atoms with Crippen LogP contribution in [-0.2, 0) is 16.0 Å². The molecule has 0 unspecified atom stereocenters. The van der Waals surface area contributed by atoms with Crippen molar-refractivity contribution >= 4 is 12.0 Å². The summed E-state index contributed by atoms with van der Waals surface area (Å²) in [7, 11) is 0. The fourth-order valence-electron chi connectivity index (χ4n) is 3.34. The Labute approximate surface area is 137 Å². The standard InChI is InChI=1S/C20H24O3/c1-12(2)15-5-6-16-10-18(23-20(16)21)8-13(3)7-17-9-14(4)19(11-15)22-17/h7,9-10,15,18H,1,5-6,8,11H2,2-4H3/b13-7-/t15-,18+/m1/s1. The average Bonchev–Trinajstić information content (AvgIpc) is 2.97. The van der Waals surface area contributed by atoms with Gasteiger partial charge in [0, 0.05) is 18.4 Å². The van der Waals surface area contributed by atoms with E-state index < -0.39 is 0 Å². The lowest BCUT2D eigenvalue weighted by atomic mass is 9.89. The third kappa shape index (κ3) is 3.49. The van der Waals surface area contributed by atoms with Gasteiger partial charge in [-0.3, -0.25) is 0 Å². The topological polar surface area (TPSA) is 39.4 Å². The molecule has 0 saturated heterocycles. The number of furan rings is 1. The second-order valence-electron chi connectivity index (χ2n) is 6.87. The van der Waals surface area contributed by atoms with Gasteiger partial charge in [-0.15, -0.1) is 0 Å². The zero-order valence-corrected chi connectivity index (χ0v) is 14.1. The Morgan fingerprint density at radius 1 is 1.30 bits per heavy atom. The summed E-state index contributed by atoms with van der Waals surface area (Å²) in [6.45, 7) is 10.3. The van der Waals surface area contributed by atoms with Crippen molar-refractivity contribution in [3.8, 4) is 0 Å². The van der Waals surface area contributed by atoms with E-state index in [0.29, 0.717) is 12.3 Å². The van der Waals surface area contributed by atoms with Gasteiger partial charge in [-0.05, 0) is 63.3 Å². The van der Waals surface area contributed by atoms with Crippen molar-refractivity contribution in [1.29, 1.82) is 0 Å². The maximum Gasteiger partial charge on any atom is 0.334 e. The monoisotopic (exact) mass is 312 g/mol. The van der Waals surface area contributed by atoms with E-state index in [9.17, 15) is 4.79 Å². The Morgan fingerprint density at radius 2 is 2.09 bits per heavy atom. The van der Waals surface area contributed by atoms with E-state index in [1.165, 1.54) is 5.56 Å². The number of rotatable bonds is 1. The minimum Gasteiger partial charge on any atom is -0.461 e. The summed E-state index contributed by atoms with van der Waals surface area (Å²) in [6, 6.07) is 2.09. The summed E-state index contributed by atoms with van der Waals surface area (Å²) >= 11 is 0. The molecule has 122 valence electrons. The number of hydrogen-bond donors (Lipinski definition) is 0. The summed E-state index contributed by atoms with van der Waals surface area (Å²) in [5.74, 6) is 2.06. The number of allylic oxidation sites excluding steroid dienone is 1. The van der Waals surface area contributed by atoms with E-state index in [0.717, 1.165) is 47.5 Å². The number of carbonyl (C=O) groups is 1. The second kappa shape index (κ2) is 6.23. The molecule has 0 amide bonds. The second-order valence-corrected chi connectivity index (χ2v) is 6.87. The first-order chi connectivity index (χ1) is 10.9. The van der Waals surface area contributed by atoms with E-state index in [4.69, 9.17) is 9.15 Å². The molecule has 0 aromatic carbocycles. The van der Waals surface area contributed by atoms with Crippen molar-refractivity contribution < 1.29 is 13.9 Å². The molecular weight excluding hydrogens is 288 g/mol. The van der Waals surface area contributed by atoms with Gasteiger partial charge in [0.25, 0.3) is 0 Å². The molecule has 2 atom stereocenters. The van der Waals surface area contributed by atoms with Gasteiger partial charge < -0.3 is 9.15 Å². The Kier molecular flexibility index (Phi) is 4.29. The molecule has 0 N–H and O–H groups in total. The molecule has 0 spiro atoms. The summed E-state index contributed by atoms with van der Waals surface area (Å²) in [6.07, 6.45) is 7.07. The van der Waals surface area contributed by atoms with E-state index in [-0.39, 0.29) is 12.1 Å². The number of hydrogen-bond acceptors (Lipinski definition) is 3. The molecular formula is C20H24O3. The molecule has 2 aliphatic heterocycles. The highest BCUT2D eigenvalue weighted by atomic mass is 16.5. The van der Waals surface area contributed by atoms with Gasteiger partial charge in [0.05, 0.1) is 0 Å². The first kappa shape index (κ1) is 15.9. The highest BCUT2D eigenvalue weighted by molar-refractivity contribution is 5.90. The largest absolute Gasteiger partial charge is 0.461 e. The van der Waals surface area contributed by atoms with E-state index in [1.807, 2.05) is 19.1 Å². The molecule has 0 saturated carbocycles. The molecule has 3 rings (SSSR count). The number of ether oxygens (including phenoxy) is 1. The van der Waals surface area contributed by atoms with Gasteiger partial charge in [0.1, 0.15) is 17.6 Å². The van der Waals surface area contributed by atoms with Crippen LogP contribution in [0.25, 0.3) is 6.08 Å². The zero-order valence-electron chi connectivity index (χ0n) is 14.1. The summed E-state index contributed by atoms with van der Waals surface area (Å²) in [4.78, 5) is 12.0. The highest BCUT2D eigenvalue weighted by Gasteiger charge is 2.27. The summed E-state index contributed by atoms with van der Waals surface area (Å²) in [5.41, 5.74) is 4.27. The Bertz CT molecular complexity index is 702. The van der Waals surface area contributed by atoms with Gasteiger partial charge in [0.2, 0.25) is 0 Å². The van der Waals surface area contributed by atoms with Crippen LogP contribution in [0.15, 0.2) is 39.9 Å². The lowest BCUT2D eigenvalue weighted by Gasteiger charge is -2.16. The quantitative estimate of drug-likeness (QED) is 0.554. The number of aryl methyl sites for hydroxylation is 1. The molecule has 23 heavy (non-hydrogen) atoms. The average molecular weight is 312 g/mol. The number of esters is 1. The van der Waals surface area contributed by atoms with Gasteiger partial charge in [-0.2, -0.15) is 0 Å².